The lowest BCUT2D eigenvalue weighted by molar-refractivity contribution is -0.116. The van der Waals surface area contributed by atoms with Crippen molar-refractivity contribution in [3.8, 4) is 0 Å². The second-order valence-electron chi connectivity index (χ2n) is 4.03. The molecule has 3 nitrogen and oxygen atoms in total. The highest BCUT2D eigenvalue weighted by molar-refractivity contribution is 5.91. The molecule has 1 aromatic rings. The van der Waals surface area contributed by atoms with Gasteiger partial charge in [-0.2, -0.15) is 0 Å². The van der Waals surface area contributed by atoms with Gasteiger partial charge in [0.25, 0.3) is 0 Å². The molecule has 0 aliphatic carbocycles. The molecule has 0 aliphatic heterocycles. The van der Waals surface area contributed by atoms with E-state index in [1.54, 1.807) is 0 Å². The molecule has 0 aliphatic rings. The molecule has 0 unspecified atom stereocenters. The van der Waals surface area contributed by atoms with Crippen molar-refractivity contribution in [2.75, 3.05) is 5.32 Å². The van der Waals surface area contributed by atoms with E-state index in [1.165, 1.54) is 0 Å². The van der Waals surface area contributed by atoms with Gasteiger partial charge in [-0.05, 0) is 18.1 Å². The molecule has 82 valence electrons. The predicted octanol–water partition coefficient (Wildman–Crippen LogP) is 2.00. The molecule has 3 heteroatoms. The van der Waals surface area contributed by atoms with E-state index in [1.807, 2.05) is 44.2 Å². The fourth-order valence-electron chi connectivity index (χ4n) is 1.18. The van der Waals surface area contributed by atoms with Crippen molar-refractivity contribution in [3.63, 3.8) is 0 Å². The van der Waals surface area contributed by atoms with Crippen LogP contribution in [0.25, 0.3) is 0 Å². The Labute approximate surface area is 90.7 Å². The molecule has 0 saturated heterocycles. The number of hydrogen-bond donors (Lipinski definition) is 2. The maximum Gasteiger partial charge on any atom is 0.225 e. The summed E-state index contributed by atoms with van der Waals surface area (Å²) in [5, 5.41) is 2.81. The van der Waals surface area contributed by atoms with Gasteiger partial charge in [-0.1, -0.05) is 32.0 Å². The summed E-state index contributed by atoms with van der Waals surface area (Å²) in [5.74, 6) is 0.300. The number of anilines is 1. The average Bonchev–Trinajstić information content (AvgIpc) is 2.18. The molecule has 0 saturated carbocycles. The lowest BCUT2D eigenvalue weighted by atomic mass is 10.0. The van der Waals surface area contributed by atoms with Gasteiger partial charge < -0.3 is 11.1 Å². The molecule has 0 aromatic heterocycles. The van der Waals surface area contributed by atoms with Gasteiger partial charge in [0, 0.05) is 18.2 Å². The van der Waals surface area contributed by atoms with E-state index in [0.29, 0.717) is 12.3 Å². The first kappa shape index (κ1) is 11.7. The first-order chi connectivity index (χ1) is 7.09. The first-order valence-electron chi connectivity index (χ1n) is 5.20. The molecular formula is C12H18N2O. The van der Waals surface area contributed by atoms with Crippen LogP contribution in [0.4, 0.5) is 5.69 Å². The largest absolute Gasteiger partial charge is 0.327 e. The van der Waals surface area contributed by atoms with Gasteiger partial charge in [-0.15, -0.1) is 0 Å². The van der Waals surface area contributed by atoms with E-state index in [-0.39, 0.29) is 11.9 Å². The van der Waals surface area contributed by atoms with Crippen LogP contribution in [-0.4, -0.2) is 11.9 Å². The second kappa shape index (κ2) is 5.51. The monoisotopic (exact) mass is 206 g/mol. The normalized spacial score (nSPS) is 12.5. The molecule has 1 amide bonds. The highest BCUT2D eigenvalue weighted by atomic mass is 16.1. The molecule has 15 heavy (non-hydrogen) atoms. The van der Waals surface area contributed by atoms with Crippen molar-refractivity contribution >= 4 is 11.6 Å². The number of para-hydroxylation sites is 1. The number of hydrogen-bond acceptors (Lipinski definition) is 2. The average molecular weight is 206 g/mol. The van der Waals surface area contributed by atoms with Gasteiger partial charge in [0.1, 0.15) is 0 Å². The fraction of sp³-hybridized carbons (Fsp3) is 0.417. The molecule has 1 rings (SSSR count). The van der Waals surface area contributed by atoms with Crippen LogP contribution in [0.15, 0.2) is 30.3 Å². The Balaban J connectivity index is 2.43. The zero-order valence-electron chi connectivity index (χ0n) is 9.23. The van der Waals surface area contributed by atoms with Crippen LogP contribution in [0.1, 0.15) is 20.3 Å². The summed E-state index contributed by atoms with van der Waals surface area (Å²) < 4.78 is 0. The number of nitrogens with two attached hydrogens (primary N) is 1. The second-order valence-corrected chi connectivity index (χ2v) is 4.03. The van der Waals surface area contributed by atoms with E-state index in [0.717, 1.165) is 5.69 Å². The van der Waals surface area contributed by atoms with Crippen LogP contribution in [0, 0.1) is 5.92 Å². The molecule has 1 atom stereocenters. The number of rotatable bonds is 4. The molecule has 1 aromatic carbocycles. The van der Waals surface area contributed by atoms with Gasteiger partial charge in [-0.25, -0.2) is 0 Å². The Morgan fingerprint density at radius 1 is 1.33 bits per heavy atom. The Morgan fingerprint density at radius 2 is 1.93 bits per heavy atom. The number of benzene rings is 1. The summed E-state index contributed by atoms with van der Waals surface area (Å²) in [7, 11) is 0. The van der Waals surface area contributed by atoms with Gasteiger partial charge >= 0.3 is 0 Å². The Hall–Kier alpha value is -1.35. The zero-order chi connectivity index (χ0) is 11.3. The highest BCUT2D eigenvalue weighted by Gasteiger charge is 2.12. The van der Waals surface area contributed by atoms with E-state index < -0.39 is 0 Å². The van der Waals surface area contributed by atoms with E-state index in [9.17, 15) is 4.79 Å². The summed E-state index contributed by atoms with van der Waals surface area (Å²) in [6.07, 6.45) is 0.368. The van der Waals surface area contributed by atoms with Crippen molar-refractivity contribution < 1.29 is 4.79 Å². The Morgan fingerprint density at radius 3 is 2.47 bits per heavy atom. The number of amides is 1. The molecule has 0 fully saturated rings. The van der Waals surface area contributed by atoms with Crippen molar-refractivity contribution in [2.45, 2.75) is 26.3 Å². The minimum atomic E-state index is -0.0753. The van der Waals surface area contributed by atoms with Crippen LogP contribution < -0.4 is 11.1 Å². The van der Waals surface area contributed by atoms with Crippen LogP contribution >= 0.6 is 0 Å². The minimum Gasteiger partial charge on any atom is -0.327 e. The number of carbonyl (C=O) groups is 1. The molecule has 0 spiro atoms. The summed E-state index contributed by atoms with van der Waals surface area (Å²) >= 11 is 0. The number of carbonyl (C=O) groups excluding carboxylic acids is 1. The number of nitrogens with one attached hydrogen (secondary N) is 1. The van der Waals surface area contributed by atoms with Crippen molar-refractivity contribution in [1.82, 2.24) is 0 Å². The lowest BCUT2D eigenvalue weighted by Gasteiger charge is -2.14. The predicted molar refractivity (Wildman–Crippen MR) is 62.5 cm³/mol. The van der Waals surface area contributed by atoms with E-state index in [2.05, 4.69) is 5.32 Å². The van der Waals surface area contributed by atoms with Gasteiger partial charge in [0.15, 0.2) is 0 Å². The molecule has 3 N–H and O–H groups in total. The third-order valence-electron chi connectivity index (χ3n) is 2.33. The van der Waals surface area contributed by atoms with E-state index >= 15 is 0 Å². The summed E-state index contributed by atoms with van der Waals surface area (Å²) in [4.78, 5) is 11.5. The maximum absolute atomic E-state index is 11.5. The van der Waals surface area contributed by atoms with Crippen molar-refractivity contribution in [1.29, 1.82) is 0 Å². The zero-order valence-corrected chi connectivity index (χ0v) is 9.23. The summed E-state index contributed by atoms with van der Waals surface area (Å²) in [6, 6.07) is 9.33. The third kappa shape index (κ3) is 4.13. The van der Waals surface area contributed by atoms with Gasteiger partial charge in [0.2, 0.25) is 5.91 Å². The first-order valence-corrected chi connectivity index (χ1v) is 5.20. The van der Waals surface area contributed by atoms with Crippen LogP contribution in [0.3, 0.4) is 0 Å². The SMILES string of the molecule is CC(C)[C@@H](N)CC(=O)Nc1ccccc1. The van der Waals surface area contributed by atoms with Crippen molar-refractivity contribution in [3.05, 3.63) is 30.3 Å². The Bertz CT molecular complexity index is 309. The fourth-order valence-corrected chi connectivity index (χ4v) is 1.18. The standard InChI is InChI=1S/C12H18N2O/c1-9(2)11(13)8-12(15)14-10-6-4-3-5-7-10/h3-7,9,11H,8,13H2,1-2H3,(H,14,15)/t11-/m0/s1. The maximum atomic E-state index is 11.5. The molecule has 0 bridgehead atoms. The Kier molecular flexibility index (Phi) is 4.31. The minimum absolute atomic E-state index is 0.0256. The van der Waals surface area contributed by atoms with Gasteiger partial charge in [0.05, 0.1) is 0 Å². The summed E-state index contributed by atoms with van der Waals surface area (Å²) in [6.45, 7) is 4.03. The highest BCUT2D eigenvalue weighted by Crippen LogP contribution is 2.08. The quantitative estimate of drug-likeness (QED) is 0.791. The smallest absolute Gasteiger partial charge is 0.225 e. The van der Waals surface area contributed by atoms with Crippen molar-refractivity contribution in [2.24, 2.45) is 11.7 Å². The molecule has 0 radical (unpaired) electrons. The summed E-state index contributed by atoms with van der Waals surface area (Å²) in [5.41, 5.74) is 6.63. The third-order valence-corrected chi connectivity index (χ3v) is 2.33. The topological polar surface area (TPSA) is 55.1 Å². The van der Waals surface area contributed by atoms with Crippen LogP contribution in [0.2, 0.25) is 0 Å². The molecule has 0 heterocycles. The van der Waals surface area contributed by atoms with Crippen LogP contribution in [0.5, 0.6) is 0 Å². The van der Waals surface area contributed by atoms with Gasteiger partial charge in [-0.3, -0.25) is 4.79 Å². The van der Waals surface area contributed by atoms with E-state index in [4.69, 9.17) is 5.73 Å². The lowest BCUT2D eigenvalue weighted by Crippen LogP contribution is -2.31. The van der Waals surface area contributed by atoms with Crippen LogP contribution in [-0.2, 0) is 4.79 Å². The molecular weight excluding hydrogens is 188 g/mol.